The molecule has 0 saturated carbocycles. The minimum Gasteiger partial charge on any atom is -0.348 e. The number of amides is 1. The number of hydrogen-bond acceptors (Lipinski definition) is 3. The van der Waals surface area contributed by atoms with Gasteiger partial charge < -0.3 is 5.32 Å². The van der Waals surface area contributed by atoms with Gasteiger partial charge in [0.1, 0.15) is 5.82 Å². The summed E-state index contributed by atoms with van der Waals surface area (Å²) in [5.74, 6) is -0.360. The molecule has 0 saturated heterocycles. The molecule has 0 aliphatic rings. The van der Waals surface area contributed by atoms with Crippen LogP contribution in [0.4, 0.5) is 4.39 Å². The van der Waals surface area contributed by atoms with Crippen LogP contribution in [0.1, 0.15) is 31.0 Å². The van der Waals surface area contributed by atoms with Gasteiger partial charge in [0.25, 0.3) is 0 Å². The van der Waals surface area contributed by atoms with Gasteiger partial charge in [0.05, 0.1) is 24.0 Å². The smallest absolute Gasteiger partial charge is 0.237 e. The van der Waals surface area contributed by atoms with E-state index in [4.69, 9.17) is 0 Å². The van der Waals surface area contributed by atoms with Gasteiger partial charge in [-0.05, 0) is 50.7 Å². The molecule has 0 fully saturated rings. The van der Waals surface area contributed by atoms with Crippen molar-refractivity contribution >= 4 is 5.91 Å². The van der Waals surface area contributed by atoms with Gasteiger partial charge in [0.2, 0.25) is 5.91 Å². The summed E-state index contributed by atoms with van der Waals surface area (Å²) in [7, 11) is 1.91. The van der Waals surface area contributed by atoms with Crippen molar-refractivity contribution in [2.45, 2.75) is 32.5 Å². The lowest BCUT2D eigenvalue weighted by atomic mass is 10.1. The van der Waals surface area contributed by atoms with E-state index >= 15 is 0 Å². The monoisotopic (exact) mass is 380 g/mol. The molecule has 1 amide bonds. The normalized spacial score (nSPS) is 13.3. The standard InChI is InChI=1S/C22H25FN4O/c1-16(19-9-11-20(23)12-10-19)25-22(28)17(2)26(3)14-18-13-24-27(15-18)21-7-5-4-6-8-21/h4-13,15-17H,14H2,1-3H3,(H,25,28). The molecule has 0 spiro atoms. The number of halogens is 1. The van der Waals surface area contributed by atoms with Gasteiger partial charge in [-0.2, -0.15) is 5.10 Å². The SMILES string of the molecule is CC(NC(=O)C(C)N(C)Cc1cnn(-c2ccccc2)c1)c1ccc(F)cc1. The summed E-state index contributed by atoms with van der Waals surface area (Å²) < 4.78 is 14.9. The van der Waals surface area contributed by atoms with Crippen LogP contribution in [-0.4, -0.2) is 33.7 Å². The summed E-state index contributed by atoms with van der Waals surface area (Å²) in [5, 5.41) is 7.39. The van der Waals surface area contributed by atoms with E-state index < -0.39 is 0 Å². The quantitative estimate of drug-likeness (QED) is 0.680. The molecule has 0 aliphatic heterocycles. The largest absolute Gasteiger partial charge is 0.348 e. The molecule has 1 aromatic heterocycles. The Labute approximate surface area is 164 Å². The van der Waals surface area contributed by atoms with Crippen molar-refractivity contribution in [1.82, 2.24) is 20.0 Å². The van der Waals surface area contributed by atoms with Crippen LogP contribution in [0.25, 0.3) is 5.69 Å². The Hall–Kier alpha value is -2.99. The molecular formula is C22H25FN4O. The van der Waals surface area contributed by atoms with E-state index in [-0.39, 0.29) is 23.8 Å². The van der Waals surface area contributed by atoms with Crippen molar-refractivity contribution in [2.75, 3.05) is 7.05 Å². The predicted molar refractivity (Wildman–Crippen MR) is 107 cm³/mol. The summed E-state index contributed by atoms with van der Waals surface area (Å²) in [6.07, 6.45) is 3.78. The summed E-state index contributed by atoms with van der Waals surface area (Å²) in [6.45, 7) is 4.36. The summed E-state index contributed by atoms with van der Waals surface area (Å²) in [4.78, 5) is 14.6. The number of likely N-dealkylation sites (N-methyl/N-ethyl adjacent to an activating group) is 1. The summed E-state index contributed by atoms with van der Waals surface area (Å²) in [6, 6.07) is 15.6. The van der Waals surface area contributed by atoms with Crippen molar-refractivity contribution in [3.63, 3.8) is 0 Å². The second-order valence-corrected chi connectivity index (χ2v) is 7.00. The van der Waals surface area contributed by atoms with Gasteiger partial charge in [-0.3, -0.25) is 9.69 Å². The zero-order chi connectivity index (χ0) is 20.1. The van der Waals surface area contributed by atoms with Crippen LogP contribution in [0, 0.1) is 5.82 Å². The summed E-state index contributed by atoms with van der Waals surface area (Å²) in [5.41, 5.74) is 2.89. The number of rotatable bonds is 7. The van der Waals surface area contributed by atoms with Gasteiger partial charge in [0, 0.05) is 18.3 Å². The fraction of sp³-hybridized carbons (Fsp3) is 0.273. The van der Waals surface area contributed by atoms with Crippen molar-refractivity contribution in [2.24, 2.45) is 0 Å². The van der Waals surface area contributed by atoms with Crippen LogP contribution in [0.3, 0.4) is 0 Å². The first-order valence-electron chi connectivity index (χ1n) is 9.29. The van der Waals surface area contributed by atoms with E-state index in [2.05, 4.69) is 10.4 Å². The molecule has 1 heterocycles. The zero-order valence-corrected chi connectivity index (χ0v) is 16.3. The highest BCUT2D eigenvalue weighted by molar-refractivity contribution is 5.81. The first-order chi connectivity index (χ1) is 13.4. The summed E-state index contributed by atoms with van der Waals surface area (Å²) >= 11 is 0. The third-order valence-electron chi connectivity index (χ3n) is 4.86. The van der Waals surface area contributed by atoms with Crippen molar-refractivity contribution in [3.05, 3.63) is 83.9 Å². The minimum atomic E-state index is -0.317. The number of nitrogens with zero attached hydrogens (tertiary/aromatic N) is 3. The van der Waals surface area contributed by atoms with E-state index in [1.165, 1.54) is 12.1 Å². The first-order valence-corrected chi connectivity index (χ1v) is 9.29. The number of carbonyl (C=O) groups excluding carboxylic acids is 1. The van der Waals surface area contributed by atoms with E-state index in [0.717, 1.165) is 16.8 Å². The Morgan fingerprint density at radius 1 is 1.14 bits per heavy atom. The van der Waals surface area contributed by atoms with Gasteiger partial charge in [-0.25, -0.2) is 9.07 Å². The van der Waals surface area contributed by atoms with Crippen LogP contribution < -0.4 is 5.32 Å². The van der Waals surface area contributed by atoms with E-state index in [0.29, 0.717) is 6.54 Å². The Balaban J connectivity index is 1.58. The minimum absolute atomic E-state index is 0.0743. The van der Waals surface area contributed by atoms with Crippen molar-refractivity contribution in [1.29, 1.82) is 0 Å². The van der Waals surface area contributed by atoms with Crippen LogP contribution in [0.15, 0.2) is 67.0 Å². The fourth-order valence-electron chi connectivity index (χ4n) is 2.96. The lowest BCUT2D eigenvalue weighted by Gasteiger charge is -2.25. The van der Waals surface area contributed by atoms with Crippen LogP contribution in [0.2, 0.25) is 0 Å². The third-order valence-corrected chi connectivity index (χ3v) is 4.86. The molecule has 146 valence electrons. The first kappa shape index (κ1) is 19.8. The molecule has 28 heavy (non-hydrogen) atoms. The predicted octanol–water partition coefficient (Wildman–Crippen LogP) is 3.71. The topological polar surface area (TPSA) is 50.2 Å². The lowest BCUT2D eigenvalue weighted by Crippen LogP contribution is -2.43. The Morgan fingerprint density at radius 3 is 2.50 bits per heavy atom. The Morgan fingerprint density at radius 2 is 1.82 bits per heavy atom. The van der Waals surface area contributed by atoms with Crippen LogP contribution in [-0.2, 0) is 11.3 Å². The van der Waals surface area contributed by atoms with E-state index in [1.54, 1.807) is 12.1 Å². The number of hydrogen-bond donors (Lipinski definition) is 1. The molecule has 2 atom stereocenters. The molecule has 0 bridgehead atoms. The second kappa shape index (κ2) is 8.80. The second-order valence-electron chi connectivity index (χ2n) is 7.00. The molecule has 2 aromatic carbocycles. The molecular weight excluding hydrogens is 355 g/mol. The Kier molecular flexibility index (Phi) is 6.21. The van der Waals surface area contributed by atoms with Gasteiger partial charge in [-0.1, -0.05) is 30.3 Å². The van der Waals surface area contributed by atoms with Gasteiger partial charge in [0.15, 0.2) is 0 Å². The third kappa shape index (κ3) is 4.84. The molecule has 5 nitrogen and oxygen atoms in total. The molecule has 0 radical (unpaired) electrons. The van der Waals surface area contributed by atoms with Gasteiger partial charge in [-0.15, -0.1) is 0 Å². The van der Waals surface area contributed by atoms with Crippen molar-refractivity contribution < 1.29 is 9.18 Å². The maximum absolute atomic E-state index is 13.1. The number of benzene rings is 2. The average Bonchev–Trinajstić information content (AvgIpc) is 3.17. The maximum atomic E-state index is 13.1. The molecule has 2 unspecified atom stereocenters. The number of nitrogens with one attached hydrogen (secondary N) is 1. The fourth-order valence-corrected chi connectivity index (χ4v) is 2.96. The Bertz CT molecular complexity index is 908. The highest BCUT2D eigenvalue weighted by Crippen LogP contribution is 2.14. The maximum Gasteiger partial charge on any atom is 0.237 e. The average molecular weight is 380 g/mol. The highest BCUT2D eigenvalue weighted by Gasteiger charge is 2.20. The molecule has 1 N–H and O–H groups in total. The van der Waals surface area contributed by atoms with E-state index in [9.17, 15) is 9.18 Å². The van der Waals surface area contributed by atoms with Crippen LogP contribution >= 0.6 is 0 Å². The number of carbonyl (C=O) groups is 1. The molecule has 6 heteroatoms. The molecule has 3 rings (SSSR count). The lowest BCUT2D eigenvalue weighted by molar-refractivity contribution is -0.126. The number of aromatic nitrogens is 2. The van der Waals surface area contributed by atoms with E-state index in [1.807, 2.05) is 73.2 Å². The highest BCUT2D eigenvalue weighted by atomic mass is 19.1. The van der Waals surface area contributed by atoms with Crippen molar-refractivity contribution in [3.8, 4) is 5.69 Å². The van der Waals surface area contributed by atoms with Crippen LogP contribution in [0.5, 0.6) is 0 Å². The zero-order valence-electron chi connectivity index (χ0n) is 16.3. The van der Waals surface area contributed by atoms with Gasteiger partial charge >= 0.3 is 0 Å². The molecule has 3 aromatic rings. The number of para-hydroxylation sites is 1. The molecule has 0 aliphatic carbocycles.